The van der Waals surface area contributed by atoms with Gasteiger partial charge in [0.05, 0.1) is 20.3 Å². The van der Waals surface area contributed by atoms with E-state index in [0.717, 1.165) is 16.7 Å². The van der Waals surface area contributed by atoms with E-state index in [1.54, 1.807) is 0 Å². The van der Waals surface area contributed by atoms with Crippen LogP contribution in [0.2, 0.25) is 0 Å². The molecule has 0 aliphatic carbocycles. The van der Waals surface area contributed by atoms with Crippen LogP contribution in [-0.4, -0.2) is 44.1 Å². The molecule has 2 aliphatic rings. The van der Waals surface area contributed by atoms with Crippen LogP contribution in [0.25, 0.3) is 5.57 Å². The van der Waals surface area contributed by atoms with Crippen molar-refractivity contribution in [3.63, 3.8) is 0 Å². The number of hydrogen-bond acceptors (Lipinski definition) is 5. The van der Waals surface area contributed by atoms with Crippen molar-refractivity contribution >= 4 is 17.5 Å². The SMILES string of the molecule is C=C1CN2CC(=C)C(C(=O)OC)(C(=O)OC)[C@@H]2c2ccccc21. The maximum atomic E-state index is 12.7. The lowest BCUT2D eigenvalue weighted by Gasteiger charge is -2.39. The molecule has 0 amide bonds. The first kappa shape index (κ1) is 15.5. The van der Waals surface area contributed by atoms with Gasteiger partial charge in [0.15, 0.2) is 0 Å². The molecule has 3 rings (SSSR count). The van der Waals surface area contributed by atoms with E-state index >= 15 is 0 Å². The van der Waals surface area contributed by atoms with Gasteiger partial charge in [-0.1, -0.05) is 37.4 Å². The third kappa shape index (κ3) is 1.90. The minimum Gasteiger partial charge on any atom is -0.468 e. The standard InChI is InChI=1S/C18H19NO4/c1-11-9-19-10-12(2)18(16(20)22-3,17(21)23-4)15(19)14-8-6-5-7-13(11)14/h5-8,15H,1-2,9-10H2,3-4H3/t15-/m0/s1. The molecule has 2 heterocycles. The van der Waals surface area contributed by atoms with Gasteiger partial charge in [-0.05, 0) is 22.3 Å². The van der Waals surface area contributed by atoms with Crippen molar-refractivity contribution in [1.29, 1.82) is 0 Å². The molecule has 1 atom stereocenters. The predicted octanol–water partition coefficient (Wildman–Crippen LogP) is 1.96. The molecule has 1 aromatic rings. The molecule has 0 saturated carbocycles. The van der Waals surface area contributed by atoms with Crippen molar-refractivity contribution in [2.24, 2.45) is 5.41 Å². The second-order valence-electron chi connectivity index (χ2n) is 5.89. The predicted molar refractivity (Wildman–Crippen MR) is 85.4 cm³/mol. The van der Waals surface area contributed by atoms with Crippen LogP contribution in [-0.2, 0) is 19.1 Å². The number of carbonyl (C=O) groups is 2. The smallest absolute Gasteiger partial charge is 0.329 e. The van der Waals surface area contributed by atoms with E-state index in [1.165, 1.54) is 14.2 Å². The lowest BCUT2D eigenvalue weighted by atomic mass is 9.72. The molecular formula is C18H19NO4. The summed E-state index contributed by atoms with van der Waals surface area (Å²) in [7, 11) is 2.55. The Kier molecular flexibility index (Phi) is 3.60. The topological polar surface area (TPSA) is 55.8 Å². The number of fused-ring (bicyclic) bond motifs is 3. The van der Waals surface area contributed by atoms with Crippen molar-refractivity contribution < 1.29 is 19.1 Å². The van der Waals surface area contributed by atoms with Crippen molar-refractivity contribution in [2.75, 3.05) is 27.3 Å². The van der Waals surface area contributed by atoms with Gasteiger partial charge in [-0.3, -0.25) is 14.5 Å². The first-order valence-electron chi connectivity index (χ1n) is 7.34. The molecule has 0 spiro atoms. The summed E-state index contributed by atoms with van der Waals surface area (Å²) in [6.45, 7) is 9.09. The third-order valence-electron chi connectivity index (χ3n) is 4.77. The fraction of sp³-hybridized carbons (Fsp3) is 0.333. The highest BCUT2D eigenvalue weighted by Crippen LogP contribution is 2.55. The largest absolute Gasteiger partial charge is 0.468 e. The summed E-state index contributed by atoms with van der Waals surface area (Å²) in [6, 6.07) is 7.18. The average Bonchev–Trinajstić information content (AvgIpc) is 2.86. The van der Waals surface area contributed by atoms with Crippen LogP contribution < -0.4 is 0 Å². The number of nitrogens with zero attached hydrogens (tertiary/aromatic N) is 1. The first-order chi connectivity index (χ1) is 11.0. The molecule has 0 radical (unpaired) electrons. The van der Waals surface area contributed by atoms with Gasteiger partial charge in [0.2, 0.25) is 5.41 Å². The third-order valence-corrected chi connectivity index (χ3v) is 4.77. The molecule has 23 heavy (non-hydrogen) atoms. The van der Waals surface area contributed by atoms with Gasteiger partial charge in [0.1, 0.15) is 0 Å². The molecule has 0 N–H and O–H groups in total. The van der Waals surface area contributed by atoms with E-state index in [1.807, 2.05) is 29.2 Å². The quantitative estimate of drug-likeness (QED) is 0.474. The minimum absolute atomic E-state index is 0.419. The van der Waals surface area contributed by atoms with Crippen LogP contribution in [0.5, 0.6) is 0 Å². The summed E-state index contributed by atoms with van der Waals surface area (Å²) in [5, 5.41) is 0. The second kappa shape index (κ2) is 5.35. The number of methoxy groups -OCH3 is 2. The van der Waals surface area contributed by atoms with Crippen LogP contribution in [0, 0.1) is 5.41 Å². The highest BCUT2D eigenvalue weighted by Gasteiger charge is 2.64. The number of ether oxygens (including phenoxy) is 2. The number of hydrogen-bond donors (Lipinski definition) is 0. The minimum atomic E-state index is -1.54. The van der Waals surface area contributed by atoms with Crippen molar-refractivity contribution in [3.8, 4) is 0 Å². The number of benzene rings is 1. The molecule has 1 aromatic carbocycles. The molecule has 0 aromatic heterocycles. The van der Waals surface area contributed by atoms with E-state index in [4.69, 9.17) is 9.47 Å². The van der Waals surface area contributed by atoms with Gasteiger partial charge < -0.3 is 9.47 Å². The van der Waals surface area contributed by atoms with Gasteiger partial charge in [-0.25, -0.2) is 0 Å². The Balaban J connectivity index is 2.28. The van der Waals surface area contributed by atoms with Crippen molar-refractivity contribution in [3.05, 3.63) is 54.1 Å². The van der Waals surface area contributed by atoms with Crippen LogP contribution in [0.3, 0.4) is 0 Å². The van der Waals surface area contributed by atoms with E-state index in [-0.39, 0.29) is 0 Å². The monoisotopic (exact) mass is 313 g/mol. The van der Waals surface area contributed by atoms with Crippen LogP contribution in [0.15, 0.2) is 43.0 Å². The average molecular weight is 313 g/mol. The Morgan fingerprint density at radius 1 is 1.13 bits per heavy atom. The summed E-state index contributed by atoms with van der Waals surface area (Å²) in [4.78, 5) is 27.3. The number of carbonyl (C=O) groups excluding carboxylic acids is 2. The summed E-state index contributed by atoms with van der Waals surface area (Å²) >= 11 is 0. The molecule has 2 aliphatic heterocycles. The van der Waals surface area contributed by atoms with E-state index < -0.39 is 23.4 Å². The second-order valence-corrected chi connectivity index (χ2v) is 5.89. The molecule has 5 nitrogen and oxygen atoms in total. The van der Waals surface area contributed by atoms with Gasteiger partial charge in [0, 0.05) is 13.1 Å². The molecule has 1 saturated heterocycles. The Bertz CT molecular complexity index is 705. The summed E-state index contributed by atoms with van der Waals surface area (Å²) < 4.78 is 9.94. The van der Waals surface area contributed by atoms with Crippen LogP contribution in [0.4, 0.5) is 0 Å². The Hall–Kier alpha value is -2.40. The van der Waals surface area contributed by atoms with E-state index in [9.17, 15) is 9.59 Å². The summed E-state index contributed by atoms with van der Waals surface area (Å²) in [5.41, 5.74) is 1.74. The highest BCUT2D eigenvalue weighted by molar-refractivity contribution is 6.05. The first-order valence-corrected chi connectivity index (χ1v) is 7.34. The zero-order valence-electron chi connectivity index (χ0n) is 13.3. The van der Waals surface area contributed by atoms with E-state index in [2.05, 4.69) is 13.2 Å². The lowest BCUT2D eigenvalue weighted by Crippen LogP contribution is -2.48. The van der Waals surface area contributed by atoms with Crippen molar-refractivity contribution in [1.82, 2.24) is 4.90 Å². The summed E-state index contributed by atoms with van der Waals surface area (Å²) in [5.74, 6) is -1.27. The molecule has 1 fully saturated rings. The maximum absolute atomic E-state index is 12.7. The van der Waals surface area contributed by atoms with Crippen LogP contribution in [0.1, 0.15) is 17.2 Å². The van der Waals surface area contributed by atoms with Crippen molar-refractivity contribution in [2.45, 2.75) is 6.04 Å². The van der Waals surface area contributed by atoms with Gasteiger partial charge in [-0.2, -0.15) is 0 Å². The highest BCUT2D eigenvalue weighted by atomic mass is 16.5. The Morgan fingerprint density at radius 3 is 2.35 bits per heavy atom. The molecular weight excluding hydrogens is 294 g/mol. The normalized spacial score (nSPS) is 22.3. The fourth-order valence-electron chi connectivity index (χ4n) is 3.81. The van der Waals surface area contributed by atoms with Gasteiger partial charge in [-0.15, -0.1) is 0 Å². The zero-order chi connectivity index (χ0) is 16.8. The number of esters is 2. The van der Waals surface area contributed by atoms with Gasteiger partial charge >= 0.3 is 11.9 Å². The Labute approximate surface area is 135 Å². The molecule has 120 valence electrons. The zero-order valence-corrected chi connectivity index (χ0v) is 13.3. The van der Waals surface area contributed by atoms with E-state index in [0.29, 0.717) is 18.7 Å². The van der Waals surface area contributed by atoms with Crippen LogP contribution >= 0.6 is 0 Å². The summed E-state index contributed by atoms with van der Waals surface area (Å²) in [6.07, 6.45) is 0. The van der Waals surface area contributed by atoms with Gasteiger partial charge in [0.25, 0.3) is 0 Å². The molecule has 0 unspecified atom stereocenters. The molecule has 5 heteroatoms. The lowest BCUT2D eigenvalue weighted by molar-refractivity contribution is -0.168. The fourth-order valence-corrected chi connectivity index (χ4v) is 3.81. The molecule has 0 bridgehead atoms. The Morgan fingerprint density at radius 2 is 1.74 bits per heavy atom. The number of rotatable bonds is 2. The maximum Gasteiger partial charge on any atom is 0.329 e.